The minimum atomic E-state index is -4.16. The summed E-state index contributed by atoms with van der Waals surface area (Å²) in [6.07, 6.45) is 5.16. The Hall–Kier alpha value is -0.170. The van der Waals surface area contributed by atoms with E-state index >= 15 is 0 Å². The maximum atomic E-state index is 9.33. The van der Waals surface area contributed by atoms with E-state index in [1.54, 1.807) is 0 Å². The van der Waals surface area contributed by atoms with E-state index < -0.39 is 10.4 Å². The molecular formula is C7H19NO4S. The van der Waals surface area contributed by atoms with Crippen molar-refractivity contribution in [3.05, 3.63) is 0 Å². The Labute approximate surface area is 80.2 Å². The largest absolute Gasteiger partial charge is 0.397 e. The smallest absolute Gasteiger partial charge is 0.330 e. The van der Waals surface area contributed by atoms with Crippen molar-refractivity contribution >= 4 is 10.4 Å². The van der Waals surface area contributed by atoms with Crippen molar-refractivity contribution in [1.29, 1.82) is 0 Å². The van der Waals surface area contributed by atoms with Crippen molar-refractivity contribution in [3.63, 3.8) is 0 Å². The van der Waals surface area contributed by atoms with Crippen LogP contribution in [0.2, 0.25) is 0 Å². The van der Waals surface area contributed by atoms with Gasteiger partial charge >= 0.3 is 10.4 Å². The maximum absolute atomic E-state index is 9.33. The summed E-state index contributed by atoms with van der Waals surface area (Å²) in [7, 11) is -3.29. The van der Waals surface area contributed by atoms with Gasteiger partial charge in [0.25, 0.3) is 0 Å². The summed E-state index contributed by atoms with van der Waals surface area (Å²) in [5.74, 6) is 0. The normalized spacial score (nSPS) is 10.5. The second-order valence-electron chi connectivity index (χ2n) is 2.44. The number of nitrogens with two attached hydrogens (primary N) is 1. The first-order valence-electron chi connectivity index (χ1n) is 4.21. The van der Waals surface area contributed by atoms with Crippen molar-refractivity contribution in [2.24, 2.45) is 5.73 Å². The fourth-order valence-corrected chi connectivity index (χ4v) is 0.571. The van der Waals surface area contributed by atoms with Crippen LogP contribution in [0.1, 0.15) is 32.6 Å². The third kappa shape index (κ3) is 24.5. The molecule has 13 heavy (non-hydrogen) atoms. The second kappa shape index (κ2) is 9.91. The summed E-state index contributed by atoms with van der Waals surface area (Å²) in [4.78, 5) is 0. The van der Waals surface area contributed by atoms with Crippen LogP contribution in [0.3, 0.4) is 0 Å². The van der Waals surface area contributed by atoms with Crippen molar-refractivity contribution in [1.82, 2.24) is 0 Å². The second-order valence-corrected chi connectivity index (χ2v) is 3.63. The van der Waals surface area contributed by atoms with Gasteiger partial charge in [0.1, 0.15) is 0 Å². The molecule has 0 rings (SSSR count). The van der Waals surface area contributed by atoms with Crippen LogP contribution in [0.5, 0.6) is 0 Å². The van der Waals surface area contributed by atoms with Crippen molar-refractivity contribution < 1.29 is 17.2 Å². The van der Waals surface area contributed by atoms with E-state index in [1.165, 1.54) is 25.7 Å². The number of hydrogen-bond donors (Lipinski definition) is 2. The molecule has 5 nitrogen and oxygen atoms in total. The molecule has 0 amide bonds. The van der Waals surface area contributed by atoms with Crippen LogP contribution in [-0.4, -0.2) is 26.6 Å². The molecule has 3 N–H and O–H groups in total. The van der Waals surface area contributed by atoms with Gasteiger partial charge in [0.15, 0.2) is 0 Å². The fourth-order valence-electron chi connectivity index (χ4n) is 0.571. The molecule has 82 valence electrons. The van der Waals surface area contributed by atoms with Crippen LogP contribution in [-0.2, 0) is 14.6 Å². The molecule has 0 aromatic carbocycles. The molecule has 0 aromatic rings. The molecule has 0 aliphatic rings. The first kappa shape index (κ1) is 15.3. The Morgan fingerprint density at radius 2 is 1.77 bits per heavy atom. The number of rotatable bonds is 5. The monoisotopic (exact) mass is 213 g/mol. The van der Waals surface area contributed by atoms with Gasteiger partial charge in [-0.2, -0.15) is 8.42 Å². The lowest BCUT2D eigenvalue weighted by atomic mass is 10.2. The zero-order chi connectivity index (χ0) is 10.7. The van der Waals surface area contributed by atoms with Crippen LogP contribution in [0, 0.1) is 0 Å². The lowest BCUT2D eigenvalue weighted by Gasteiger charge is -1.90. The van der Waals surface area contributed by atoms with Gasteiger partial charge in [-0.15, -0.1) is 0 Å². The molecule has 0 aliphatic carbocycles. The zero-order valence-corrected chi connectivity index (χ0v) is 9.01. The van der Waals surface area contributed by atoms with Crippen LogP contribution < -0.4 is 5.73 Å². The van der Waals surface area contributed by atoms with Crippen LogP contribution >= 0.6 is 0 Å². The Kier molecular flexibility index (Phi) is 11.7. The zero-order valence-electron chi connectivity index (χ0n) is 8.19. The highest BCUT2D eigenvalue weighted by molar-refractivity contribution is 7.80. The van der Waals surface area contributed by atoms with Gasteiger partial charge in [0.2, 0.25) is 0 Å². The van der Waals surface area contributed by atoms with E-state index in [0.29, 0.717) is 0 Å². The Morgan fingerprint density at radius 3 is 2.00 bits per heavy atom. The quantitative estimate of drug-likeness (QED) is 0.524. The van der Waals surface area contributed by atoms with Crippen LogP contribution in [0.15, 0.2) is 0 Å². The van der Waals surface area contributed by atoms with Gasteiger partial charge in [0, 0.05) is 0 Å². The molecule has 0 atom stereocenters. The predicted octanol–water partition coefficient (Wildman–Crippen LogP) is 0.961. The van der Waals surface area contributed by atoms with Gasteiger partial charge in [-0.05, 0) is 13.0 Å². The minimum Gasteiger partial charge on any atom is -0.330 e. The van der Waals surface area contributed by atoms with Gasteiger partial charge in [0.05, 0.1) is 7.11 Å². The van der Waals surface area contributed by atoms with E-state index in [0.717, 1.165) is 13.7 Å². The molecule has 0 saturated carbocycles. The third-order valence-corrected chi connectivity index (χ3v) is 1.69. The highest BCUT2D eigenvalue weighted by Gasteiger charge is 1.94. The predicted molar refractivity (Wildman–Crippen MR) is 51.8 cm³/mol. The molecule has 6 heteroatoms. The molecule has 0 unspecified atom stereocenters. The highest BCUT2D eigenvalue weighted by atomic mass is 32.3. The maximum Gasteiger partial charge on any atom is 0.397 e. The molecule has 0 aliphatic heterocycles. The Bertz CT molecular complexity index is 175. The molecular weight excluding hydrogens is 194 g/mol. The summed E-state index contributed by atoms with van der Waals surface area (Å²) >= 11 is 0. The number of unbranched alkanes of at least 4 members (excludes halogenated alkanes) is 3. The SMILES string of the molecule is CCCCCCN.COS(=O)(=O)O. The van der Waals surface area contributed by atoms with E-state index in [-0.39, 0.29) is 0 Å². The molecule has 0 bridgehead atoms. The third-order valence-electron chi connectivity index (χ3n) is 1.27. The summed E-state index contributed by atoms with van der Waals surface area (Å²) in [5, 5.41) is 0. The van der Waals surface area contributed by atoms with E-state index in [9.17, 15) is 8.42 Å². The summed E-state index contributed by atoms with van der Waals surface area (Å²) in [5.41, 5.74) is 5.27. The lowest BCUT2D eigenvalue weighted by molar-refractivity contribution is 0.324. The van der Waals surface area contributed by atoms with Crippen LogP contribution in [0.25, 0.3) is 0 Å². The fraction of sp³-hybridized carbons (Fsp3) is 1.00. The highest BCUT2D eigenvalue weighted by Crippen LogP contribution is 1.95. The van der Waals surface area contributed by atoms with Crippen molar-refractivity contribution in [2.45, 2.75) is 32.6 Å². The van der Waals surface area contributed by atoms with E-state index in [4.69, 9.17) is 10.3 Å². The van der Waals surface area contributed by atoms with Crippen molar-refractivity contribution in [2.75, 3.05) is 13.7 Å². The van der Waals surface area contributed by atoms with Gasteiger partial charge in [-0.3, -0.25) is 8.74 Å². The summed E-state index contributed by atoms with van der Waals surface area (Å²) < 4.78 is 29.7. The van der Waals surface area contributed by atoms with Gasteiger partial charge in [-0.25, -0.2) is 0 Å². The molecule has 0 saturated heterocycles. The molecule has 0 fully saturated rings. The molecule has 0 aromatic heterocycles. The Balaban J connectivity index is 0. The van der Waals surface area contributed by atoms with Gasteiger partial charge < -0.3 is 5.73 Å². The average molecular weight is 213 g/mol. The average Bonchev–Trinajstić information content (AvgIpc) is 2.06. The summed E-state index contributed by atoms with van der Waals surface area (Å²) in [6.45, 7) is 3.07. The van der Waals surface area contributed by atoms with Crippen LogP contribution in [0.4, 0.5) is 0 Å². The topological polar surface area (TPSA) is 89.6 Å². The molecule has 0 radical (unpaired) electrons. The standard InChI is InChI=1S/C6H15N.CH4O4S/c1-2-3-4-5-6-7;1-5-6(2,3)4/h2-7H2,1H3;1H3,(H,2,3,4). The molecule has 0 spiro atoms. The first-order chi connectivity index (χ1) is 5.97. The van der Waals surface area contributed by atoms with Gasteiger partial charge in [-0.1, -0.05) is 26.2 Å². The minimum absolute atomic E-state index is 0.861. The van der Waals surface area contributed by atoms with Crippen molar-refractivity contribution in [3.8, 4) is 0 Å². The van der Waals surface area contributed by atoms with E-state index in [1.807, 2.05) is 0 Å². The van der Waals surface area contributed by atoms with E-state index in [2.05, 4.69) is 11.1 Å². The Morgan fingerprint density at radius 1 is 1.31 bits per heavy atom. The first-order valence-corrected chi connectivity index (χ1v) is 5.57. The molecule has 0 heterocycles. The summed E-state index contributed by atoms with van der Waals surface area (Å²) in [6, 6.07) is 0. The number of hydrogen-bond acceptors (Lipinski definition) is 4. The lowest BCUT2D eigenvalue weighted by Crippen LogP contribution is -1.97.